The quantitative estimate of drug-likeness (QED) is 0.493. The third-order valence-corrected chi connectivity index (χ3v) is 2.38. The second-order valence-electron chi connectivity index (χ2n) is 4.56. The molecule has 0 saturated heterocycles. The SMILES string of the molecule is CC(C)OC(=O)CN(C)C(=N)NC(=O)c1ccccc1. The number of nitrogens with zero attached hydrogens (tertiary/aromatic N) is 1. The molecule has 6 heteroatoms. The number of rotatable bonds is 4. The van der Waals surface area contributed by atoms with E-state index in [2.05, 4.69) is 5.32 Å². The minimum atomic E-state index is -0.443. The summed E-state index contributed by atoms with van der Waals surface area (Å²) in [5.41, 5.74) is 0.454. The van der Waals surface area contributed by atoms with Gasteiger partial charge < -0.3 is 9.64 Å². The molecule has 0 heterocycles. The van der Waals surface area contributed by atoms with Gasteiger partial charge in [0.15, 0.2) is 5.96 Å². The topological polar surface area (TPSA) is 82.5 Å². The Kier molecular flexibility index (Phi) is 5.71. The fourth-order valence-corrected chi connectivity index (χ4v) is 1.44. The van der Waals surface area contributed by atoms with Gasteiger partial charge in [0.25, 0.3) is 5.91 Å². The number of ether oxygens (including phenoxy) is 1. The van der Waals surface area contributed by atoms with Gasteiger partial charge in [0.2, 0.25) is 0 Å². The highest BCUT2D eigenvalue weighted by Crippen LogP contribution is 1.98. The van der Waals surface area contributed by atoms with Crippen LogP contribution in [0.5, 0.6) is 0 Å². The Morgan fingerprint density at radius 3 is 2.45 bits per heavy atom. The van der Waals surface area contributed by atoms with Crippen molar-refractivity contribution in [3.8, 4) is 0 Å². The fraction of sp³-hybridized carbons (Fsp3) is 0.357. The van der Waals surface area contributed by atoms with Crippen LogP contribution in [0.3, 0.4) is 0 Å². The van der Waals surface area contributed by atoms with Crippen LogP contribution in [0.25, 0.3) is 0 Å². The number of hydrogen-bond acceptors (Lipinski definition) is 4. The second kappa shape index (κ2) is 7.28. The minimum absolute atomic E-state index is 0.0912. The summed E-state index contributed by atoms with van der Waals surface area (Å²) in [6.45, 7) is 3.41. The maximum atomic E-state index is 11.8. The Morgan fingerprint density at radius 2 is 1.90 bits per heavy atom. The van der Waals surface area contributed by atoms with Crippen molar-refractivity contribution in [3.05, 3.63) is 35.9 Å². The monoisotopic (exact) mass is 277 g/mol. The third-order valence-electron chi connectivity index (χ3n) is 2.38. The predicted octanol–water partition coefficient (Wildman–Crippen LogP) is 1.23. The lowest BCUT2D eigenvalue weighted by atomic mass is 10.2. The number of likely N-dealkylation sites (N-methyl/N-ethyl adjacent to an activating group) is 1. The third kappa shape index (κ3) is 5.09. The van der Waals surface area contributed by atoms with Gasteiger partial charge in [-0.15, -0.1) is 0 Å². The van der Waals surface area contributed by atoms with E-state index in [4.69, 9.17) is 10.1 Å². The van der Waals surface area contributed by atoms with Crippen molar-refractivity contribution in [1.82, 2.24) is 10.2 Å². The largest absolute Gasteiger partial charge is 0.462 e. The number of hydrogen-bond donors (Lipinski definition) is 2. The van der Waals surface area contributed by atoms with E-state index in [9.17, 15) is 9.59 Å². The average molecular weight is 277 g/mol. The summed E-state index contributed by atoms with van der Waals surface area (Å²) in [6.07, 6.45) is -0.205. The van der Waals surface area contributed by atoms with E-state index in [-0.39, 0.29) is 24.5 Å². The van der Waals surface area contributed by atoms with Crippen molar-refractivity contribution in [3.63, 3.8) is 0 Å². The molecule has 0 atom stereocenters. The number of esters is 1. The lowest BCUT2D eigenvalue weighted by molar-refractivity contribution is -0.147. The molecule has 1 aromatic rings. The van der Waals surface area contributed by atoms with Crippen molar-refractivity contribution in [2.45, 2.75) is 20.0 Å². The summed E-state index contributed by atoms with van der Waals surface area (Å²) in [7, 11) is 1.54. The summed E-state index contributed by atoms with van der Waals surface area (Å²) in [4.78, 5) is 24.6. The lowest BCUT2D eigenvalue weighted by Crippen LogP contribution is -2.44. The first kappa shape index (κ1) is 15.7. The maximum absolute atomic E-state index is 11.8. The molecule has 0 unspecified atom stereocenters. The molecule has 0 aliphatic carbocycles. The van der Waals surface area contributed by atoms with E-state index >= 15 is 0 Å². The Hall–Kier alpha value is -2.37. The van der Waals surface area contributed by atoms with Gasteiger partial charge in [0, 0.05) is 12.6 Å². The first-order valence-corrected chi connectivity index (χ1v) is 6.25. The molecule has 1 aromatic carbocycles. The van der Waals surface area contributed by atoms with Gasteiger partial charge in [-0.2, -0.15) is 0 Å². The van der Waals surface area contributed by atoms with Crippen LogP contribution < -0.4 is 5.32 Å². The molecule has 0 bridgehead atoms. The summed E-state index contributed by atoms with van der Waals surface area (Å²) in [5.74, 6) is -0.986. The molecule has 1 amide bonds. The zero-order chi connectivity index (χ0) is 15.1. The van der Waals surface area contributed by atoms with Gasteiger partial charge in [-0.3, -0.25) is 20.3 Å². The van der Waals surface area contributed by atoms with Crippen LogP contribution in [-0.4, -0.2) is 42.4 Å². The highest BCUT2D eigenvalue weighted by Gasteiger charge is 2.14. The van der Waals surface area contributed by atoms with Crippen LogP contribution in [0.15, 0.2) is 30.3 Å². The van der Waals surface area contributed by atoms with E-state index in [1.54, 1.807) is 44.2 Å². The van der Waals surface area contributed by atoms with Crippen LogP contribution in [-0.2, 0) is 9.53 Å². The molecule has 0 saturated carbocycles. The number of carbonyl (C=O) groups is 2. The summed E-state index contributed by atoms with van der Waals surface area (Å²) >= 11 is 0. The molecule has 0 aliphatic heterocycles. The average Bonchev–Trinajstić information content (AvgIpc) is 2.38. The predicted molar refractivity (Wildman–Crippen MR) is 75.5 cm³/mol. The van der Waals surface area contributed by atoms with Gasteiger partial charge in [-0.25, -0.2) is 0 Å². The van der Waals surface area contributed by atoms with E-state index in [0.717, 1.165) is 0 Å². The fourth-order valence-electron chi connectivity index (χ4n) is 1.44. The highest BCUT2D eigenvalue weighted by atomic mass is 16.5. The molecule has 0 aromatic heterocycles. The standard InChI is InChI=1S/C14H19N3O3/c1-10(2)20-12(18)9-17(3)14(15)16-13(19)11-7-5-4-6-8-11/h4-8,10H,9H2,1-3H3,(H2,15,16,19). The van der Waals surface area contributed by atoms with Gasteiger partial charge in [-0.05, 0) is 26.0 Å². The Morgan fingerprint density at radius 1 is 1.30 bits per heavy atom. The maximum Gasteiger partial charge on any atom is 0.325 e. The van der Waals surface area contributed by atoms with Gasteiger partial charge in [0.1, 0.15) is 6.54 Å². The number of benzene rings is 1. The van der Waals surface area contributed by atoms with E-state index < -0.39 is 5.97 Å². The highest BCUT2D eigenvalue weighted by molar-refractivity contribution is 6.05. The van der Waals surface area contributed by atoms with E-state index in [1.165, 1.54) is 11.9 Å². The van der Waals surface area contributed by atoms with Gasteiger partial charge >= 0.3 is 5.97 Å². The molecule has 2 N–H and O–H groups in total. The van der Waals surface area contributed by atoms with E-state index in [1.807, 2.05) is 0 Å². The lowest BCUT2D eigenvalue weighted by Gasteiger charge is -2.19. The Bertz CT molecular complexity index is 486. The molecule has 1 rings (SSSR count). The zero-order valence-corrected chi connectivity index (χ0v) is 11.8. The van der Waals surface area contributed by atoms with Crippen molar-refractivity contribution < 1.29 is 14.3 Å². The van der Waals surface area contributed by atoms with Crippen molar-refractivity contribution in [2.75, 3.05) is 13.6 Å². The molecular weight excluding hydrogens is 258 g/mol. The minimum Gasteiger partial charge on any atom is -0.462 e. The van der Waals surface area contributed by atoms with Crippen LogP contribution in [0, 0.1) is 5.41 Å². The number of carbonyl (C=O) groups excluding carboxylic acids is 2. The van der Waals surface area contributed by atoms with Gasteiger partial charge in [-0.1, -0.05) is 18.2 Å². The summed E-state index contributed by atoms with van der Waals surface area (Å²) in [5, 5.41) is 10.2. The van der Waals surface area contributed by atoms with E-state index in [0.29, 0.717) is 5.56 Å². The first-order valence-electron chi connectivity index (χ1n) is 6.25. The van der Waals surface area contributed by atoms with Gasteiger partial charge in [0.05, 0.1) is 6.10 Å². The smallest absolute Gasteiger partial charge is 0.325 e. The Balaban J connectivity index is 2.50. The number of nitrogens with one attached hydrogen (secondary N) is 2. The van der Waals surface area contributed by atoms with Crippen molar-refractivity contribution >= 4 is 17.8 Å². The van der Waals surface area contributed by atoms with Crippen LogP contribution in [0.1, 0.15) is 24.2 Å². The molecule has 0 radical (unpaired) electrons. The van der Waals surface area contributed by atoms with Crippen molar-refractivity contribution in [1.29, 1.82) is 5.41 Å². The summed E-state index contributed by atoms with van der Waals surface area (Å²) in [6, 6.07) is 8.58. The normalized spacial score (nSPS) is 10.0. The molecular formula is C14H19N3O3. The summed E-state index contributed by atoms with van der Waals surface area (Å²) < 4.78 is 4.97. The number of amides is 1. The molecule has 6 nitrogen and oxygen atoms in total. The van der Waals surface area contributed by atoms with Crippen molar-refractivity contribution in [2.24, 2.45) is 0 Å². The molecule has 108 valence electrons. The first-order chi connectivity index (χ1) is 9.40. The second-order valence-corrected chi connectivity index (χ2v) is 4.56. The zero-order valence-electron chi connectivity index (χ0n) is 11.8. The van der Waals surface area contributed by atoms with Crippen LogP contribution in [0.4, 0.5) is 0 Å². The molecule has 0 aliphatic rings. The number of guanidine groups is 1. The van der Waals surface area contributed by atoms with Crippen LogP contribution in [0.2, 0.25) is 0 Å². The molecule has 20 heavy (non-hydrogen) atoms. The molecule has 0 spiro atoms. The van der Waals surface area contributed by atoms with Crippen LogP contribution >= 0.6 is 0 Å². The Labute approximate surface area is 118 Å². The molecule has 0 fully saturated rings.